The first kappa shape index (κ1) is 26.0. The molecule has 1 amide bonds. The average Bonchev–Trinajstić information content (AvgIpc) is 3.25. The summed E-state index contributed by atoms with van der Waals surface area (Å²) < 4.78 is 28.0. The van der Waals surface area contributed by atoms with Crippen LogP contribution in [0.4, 0.5) is 0 Å². The average molecular weight is 569 g/mol. The van der Waals surface area contributed by atoms with E-state index in [1.807, 2.05) is 12.1 Å². The molecule has 2 aromatic rings. The standard InChI is InChI=1S/C26H28Cl3N3O3S/c27-18-6-8-20-17(11-18)5-9-23-21(20)13-25(31-23)32-26(33)16-3-1-15(2-4-16)14-30-36(34,35)24-10-7-19(28)12-22(24)29/h6-8,10-12,15-16,21,23,30H,1-5,9,13-14H2,(H,31,32,33). The first-order valence-corrected chi connectivity index (χ1v) is 14.9. The second-order valence-electron chi connectivity index (χ2n) is 9.97. The van der Waals surface area contributed by atoms with Gasteiger partial charge in [-0.2, -0.15) is 0 Å². The van der Waals surface area contributed by atoms with E-state index >= 15 is 0 Å². The van der Waals surface area contributed by atoms with Crippen molar-refractivity contribution in [1.82, 2.24) is 10.0 Å². The van der Waals surface area contributed by atoms with Crippen LogP contribution >= 0.6 is 34.8 Å². The van der Waals surface area contributed by atoms with E-state index in [0.717, 1.165) is 55.8 Å². The second-order valence-corrected chi connectivity index (χ2v) is 13.0. The maximum Gasteiger partial charge on any atom is 0.242 e. The van der Waals surface area contributed by atoms with Gasteiger partial charge in [0.15, 0.2) is 0 Å². The summed E-state index contributed by atoms with van der Waals surface area (Å²) in [6.07, 6.45) is 5.68. The van der Waals surface area contributed by atoms with Crippen molar-refractivity contribution in [3.63, 3.8) is 0 Å². The van der Waals surface area contributed by atoms with Gasteiger partial charge in [-0.25, -0.2) is 13.1 Å². The molecule has 192 valence electrons. The monoisotopic (exact) mass is 567 g/mol. The van der Waals surface area contributed by atoms with Gasteiger partial charge in [-0.05, 0) is 85.9 Å². The Labute approximate surface area is 226 Å². The summed E-state index contributed by atoms with van der Waals surface area (Å²) in [6, 6.07) is 10.6. The van der Waals surface area contributed by atoms with Gasteiger partial charge in [-0.15, -0.1) is 0 Å². The Morgan fingerprint density at radius 2 is 1.69 bits per heavy atom. The van der Waals surface area contributed by atoms with E-state index in [4.69, 9.17) is 39.8 Å². The molecule has 1 aliphatic heterocycles. The predicted octanol–water partition coefficient (Wildman–Crippen LogP) is 5.75. The Morgan fingerprint density at radius 3 is 2.44 bits per heavy atom. The number of amidine groups is 1. The van der Waals surface area contributed by atoms with Crippen LogP contribution in [0.2, 0.25) is 15.1 Å². The molecule has 1 fully saturated rings. The topological polar surface area (TPSA) is 87.6 Å². The summed E-state index contributed by atoms with van der Waals surface area (Å²) in [7, 11) is -3.73. The van der Waals surface area contributed by atoms with Crippen LogP contribution in [0.15, 0.2) is 46.3 Å². The molecule has 36 heavy (non-hydrogen) atoms. The molecule has 5 rings (SSSR count). The molecule has 1 saturated carbocycles. The van der Waals surface area contributed by atoms with E-state index in [-0.39, 0.29) is 33.7 Å². The summed E-state index contributed by atoms with van der Waals surface area (Å²) in [6.45, 7) is 0.315. The van der Waals surface area contributed by atoms with Crippen LogP contribution in [0.3, 0.4) is 0 Å². The van der Waals surface area contributed by atoms with E-state index < -0.39 is 10.0 Å². The molecule has 2 aliphatic carbocycles. The lowest BCUT2D eigenvalue weighted by Crippen LogP contribution is -2.38. The van der Waals surface area contributed by atoms with E-state index in [1.54, 1.807) is 0 Å². The third-order valence-corrected chi connectivity index (χ3v) is 10.0. The quantitative estimate of drug-likeness (QED) is 0.482. The third-order valence-electron chi connectivity index (χ3n) is 7.64. The Hall–Kier alpha value is -1.64. The highest BCUT2D eigenvalue weighted by Gasteiger charge is 2.36. The molecular formula is C26H28Cl3N3O3S. The van der Waals surface area contributed by atoms with Gasteiger partial charge < -0.3 is 5.32 Å². The number of carbonyl (C=O) groups is 1. The number of hydrogen-bond donors (Lipinski definition) is 2. The Balaban J connectivity index is 1.11. The smallest absolute Gasteiger partial charge is 0.242 e. The van der Waals surface area contributed by atoms with Crippen LogP contribution in [0.5, 0.6) is 0 Å². The van der Waals surface area contributed by atoms with Crippen molar-refractivity contribution in [2.45, 2.75) is 61.8 Å². The highest BCUT2D eigenvalue weighted by Crippen LogP contribution is 2.40. The van der Waals surface area contributed by atoms with Crippen molar-refractivity contribution in [2.75, 3.05) is 6.54 Å². The molecular weight excluding hydrogens is 541 g/mol. The number of aryl methyl sites for hydroxylation is 1. The highest BCUT2D eigenvalue weighted by atomic mass is 35.5. The Bertz CT molecular complexity index is 1310. The number of carbonyl (C=O) groups excluding carboxylic acids is 1. The molecule has 2 atom stereocenters. The van der Waals surface area contributed by atoms with E-state index in [9.17, 15) is 13.2 Å². The van der Waals surface area contributed by atoms with Gasteiger partial charge in [-0.1, -0.05) is 40.9 Å². The molecule has 2 N–H and O–H groups in total. The van der Waals surface area contributed by atoms with Crippen molar-refractivity contribution in [1.29, 1.82) is 0 Å². The minimum atomic E-state index is -3.73. The van der Waals surface area contributed by atoms with E-state index in [1.165, 1.54) is 29.3 Å². The number of sulfonamides is 1. The largest absolute Gasteiger partial charge is 0.314 e. The number of halogens is 3. The van der Waals surface area contributed by atoms with Crippen LogP contribution in [-0.4, -0.2) is 32.7 Å². The zero-order valence-corrected chi connectivity index (χ0v) is 22.7. The van der Waals surface area contributed by atoms with Gasteiger partial charge >= 0.3 is 0 Å². The second kappa shape index (κ2) is 10.6. The lowest BCUT2D eigenvalue weighted by atomic mass is 9.79. The van der Waals surface area contributed by atoms with Crippen molar-refractivity contribution >= 4 is 56.6 Å². The van der Waals surface area contributed by atoms with Crippen molar-refractivity contribution in [3.8, 4) is 0 Å². The van der Waals surface area contributed by atoms with Crippen molar-refractivity contribution in [3.05, 3.63) is 62.6 Å². The zero-order chi connectivity index (χ0) is 25.4. The predicted molar refractivity (Wildman–Crippen MR) is 144 cm³/mol. The van der Waals surface area contributed by atoms with E-state index in [0.29, 0.717) is 17.5 Å². The van der Waals surface area contributed by atoms with Gasteiger partial charge in [0.1, 0.15) is 10.7 Å². The third kappa shape index (κ3) is 5.60. The molecule has 2 unspecified atom stereocenters. The summed E-state index contributed by atoms with van der Waals surface area (Å²) in [5, 5.41) is 4.34. The zero-order valence-electron chi connectivity index (χ0n) is 19.6. The van der Waals surface area contributed by atoms with E-state index in [2.05, 4.69) is 16.1 Å². The summed E-state index contributed by atoms with van der Waals surface area (Å²) in [4.78, 5) is 17.8. The fraction of sp³-hybridized carbons (Fsp3) is 0.462. The van der Waals surface area contributed by atoms with Gasteiger partial charge in [0.25, 0.3) is 0 Å². The Kier molecular flexibility index (Phi) is 7.66. The van der Waals surface area contributed by atoms with Gasteiger partial charge in [0.05, 0.1) is 11.1 Å². The Morgan fingerprint density at radius 1 is 0.972 bits per heavy atom. The molecule has 2 aromatic carbocycles. The van der Waals surface area contributed by atoms with Crippen LogP contribution in [0.25, 0.3) is 0 Å². The van der Waals surface area contributed by atoms with Crippen LogP contribution < -0.4 is 10.0 Å². The molecule has 0 aromatic heterocycles. The van der Waals surface area contributed by atoms with Crippen molar-refractivity contribution in [2.24, 2.45) is 16.8 Å². The molecule has 0 radical (unpaired) electrons. The number of rotatable bonds is 5. The van der Waals surface area contributed by atoms with Crippen LogP contribution in [0.1, 0.15) is 55.6 Å². The number of amides is 1. The number of benzene rings is 2. The van der Waals surface area contributed by atoms with Crippen LogP contribution in [-0.2, 0) is 21.2 Å². The molecule has 1 heterocycles. The van der Waals surface area contributed by atoms with Gasteiger partial charge in [0, 0.05) is 34.8 Å². The number of nitrogens with one attached hydrogen (secondary N) is 2. The molecule has 10 heteroatoms. The number of fused-ring (bicyclic) bond motifs is 3. The summed E-state index contributed by atoms with van der Waals surface area (Å²) in [5.74, 6) is 1.20. The molecule has 0 bridgehead atoms. The normalized spacial score (nSPS) is 25.6. The van der Waals surface area contributed by atoms with Gasteiger partial charge in [0.2, 0.25) is 15.9 Å². The number of hydrogen-bond acceptors (Lipinski definition) is 4. The first-order chi connectivity index (χ1) is 17.2. The lowest BCUT2D eigenvalue weighted by molar-refractivity contribution is -0.124. The highest BCUT2D eigenvalue weighted by molar-refractivity contribution is 7.89. The number of aliphatic imine (C=N–C) groups is 1. The molecule has 6 nitrogen and oxygen atoms in total. The maximum atomic E-state index is 13.0. The summed E-state index contributed by atoms with van der Waals surface area (Å²) >= 11 is 18.1. The SMILES string of the molecule is O=C(NC1=NC2CCc3cc(Cl)ccc3C2C1)C1CCC(CNS(=O)(=O)c2ccc(Cl)cc2Cl)CC1. The molecule has 3 aliphatic rings. The van der Waals surface area contributed by atoms with Gasteiger partial charge in [-0.3, -0.25) is 9.79 Å². The molecule has 0 spiro atoms. The fourth-order valence-electron chi connectivity index (χ4n) is 5.68. The maximum absolute atomic E-state index is 13.0. The lowest BCUT2D eigenvalue weighted by Gasteiger charge is -2.28. The minimum Gasteiger partial charge on any atom is -0.314 e. The summed E-state index contributed by atoms with van der Waals surface area (Å²) in [5.41, 5.74) is 2.59. The number of nitrogens with zero attached hydrogens (tertiary/aromatic N) is 1. The van der Waals surface area contributed by atoms with Crippen LogP contribution in [0, 0.1) is 11.8 Å². The first-order valence-electron chi connectivity index (χ1n) is 12.3. The fourth-order valence-corrected chi connectivity index (χ4v) is 7.76. The molecule has 0 saturated heterocycles. The van der Waals surface area contributed by atoms with Crippen molar-refractivity contribution < 1.29 is 13.2 Å². The minimum absolute atomic E-state index is 0.0188.